The summed E-state index contributed by atoms with van der Waals surface area (Å²) in [7, 11) is -9.59. The van der Waals surface area contributed by atoms with E-state index < -0.39 is 47.1 Å². The summed E-state index contributed by atoms with van der Waals surface area (Å²) >= 11 is 0. The fraction of sp³-hybridized carbons (Fsp3) is 0. The maximum atomic E-state index is 12.4. The van der Waals surface area contributed by atoms with E-state index in [2.05, 4.69) is 5.32 Å². The molecule has 4 N–H and O–H groups in total. The zero-order chi connectivity index (χ0) is 20.7. The molecule has 0 aliphatic rings. The molecule has 0 spiro atoms. The summed E-state index contributed by atoms with van der Waals surface area (Å²) in [5.74, 6) is -1.29. The van der Waals surface area contributed by atoms with Crippen molar-refractivity contribution in [3.63, 3.8) is 0 Å². The first kappa shape index (κ1) is 19.8. The third-order valence-corrected chi connectivity index (χ3v) is 5.63. The minimum Gasteiger partial charge on any atom is -0.507 e. The number of amides is 1. The van der Waals surface area contributed by atoms with Crippen LogP contribution in [0, 0.1) is 0 Å². The van der Waals surface area contributed by atoms with Crippen molar-refractivity contribution >= 4 is 42.6 Å². The Hall–Kier alpha value is -2.99. The van der Waals surface area contributed by atoms with Crippen LogP contribution in [-0.4, -0.2) is 37.0 Å². The van der Waals surface area contributed by atoms with E-state index in [-0.39, 0.29) is 16.6 Å². The number of aromatic hydroxyl groups is 1. The molecule has 11 heteroatoms. The Kier molecular flexibility index (Phi) is 4.85. The van der Waals surface area contributed by atoms with Crippen LogP contribution < -0.4 is 5.32 Å². The summed E-state index contributed by atoms with van der Waals surface area (Å²) in [6.07, 6.45) is 0. The second-order valence-corrected chi connectivity index (χ2v) is 8.56. The van der Waals surface area contributed by atoms with Gasteiger partial charge in [-0.2, -0.15) is 16.8 Å². The molecular formula is C17H13NO8S2. The van der Waals surface area contributed by atoms with Crippen LogP contribution in [-0.2, 0) is 20.2 Å². The number of fused-ring (bicyclic) bond motifs is 1. The number of benzene rings is 3. The number of hydrogen-bond donors (Lipinski definition) is 4. The highest BCUT2D eigenvalue weighted by Gasteiger charge is 2.22. The maximum absolute atomic E-state index is 12.4. The highest BCUT2D eigenvalue weighted by molar-refractivity contribution is 7.86. The van der Waals surface area contributed by atoms with Crippen molar-refractivity contribution in [3.8, 4) is 5.75 Å². The Morgan fingerprint density at radius 2 is 1.50 bits per heavy atom. The van der Waals surface area contributed by atoms with E-state index in [9.17, 15) is 35.8 Å². The molecule has 3 aromatic carbocycles. The molecule has 3 rings (SSSR count). The minimum atomic E-state index is -4.81. The lowest BCUT2D eigenvalue weighted by molar-refractivity contribution is 0.102. The fourth-order valence-corrected chi connectivity index (χ4v) is 3.88. The van der Waals surface area contributed by atoms with Crippen LogP contribution in [0.2, 0.25) is 0 Å². The van der Waals surface area contributed by atoms with Gasteiger partial charge >= 0.3 is 0 Å². The van der Waals surface area contributed by atoms with Gasteiger partial charge in [0.05, 0.1) is 10.6 Å². The predicted molar refractivity (Wildman–Crippen MR) is 99.6 cm³/mol. The van der Waals surface area contributed by atoms with E-state index in [1.54, 1.807) is 18.2 Å². The van der Waals surface area contributed by atoms with Crippen molar-refractivity contribution in [1.82, 2.24) is 0 Å². The molecule has 0 fully saturated rings. The van der Waals surface area contributed by atoms with E-state index in [0.29, 0.717) is 6.07 Å². The van der Waals surface area contributed by atoms with Gasteiger partial charge in [-0.25, -0.2) is 0 Å². The third kappa shape index (κ3) is 3.82. The van der Waals surface area contributed by atoms with Crippen LogP contribution in [0.15, 0.2) is 64.4 Å². The van der Waals surface area contributed by atoms with Crippen LogP contribution in [0.3, 0.4) is 0 Å². The number of phenolic OH excluding ortho intramolecular Hbond substituents is 1. The van der Waals surface area contributed by atoms with Gasteiger partial charge in [0.1, 0.15) is 10.6 Å². The molecule has 1 amide bonds. The van der Waals surface area contributed by atoms with E-state index >= 15 is 0 Å². The topological polar surface area (TPSA) is 158 Å². The van der Waals surface area contributed by atoms with Crippen molar-refractivity contribution in [2.24, 2.45) is 0 Å². The molecule has 0 saturated carbocycles. The first-order valence-electron chi connectivity index (χ1n) is 7.59. The van der Waals surface area contributed by atoms with Gasteiger partial charge in [0, 0.05) is 22.4 Å². The van der Waals surface area contributed by atoms with Crippen molar-refractivity contribution in [1.29, 1.82) is 0 Å². The van der Waals surface area contributed by atoms with E-state index in [4.69, 9.17) is 0 Å². The average molecular weight is 423 g/mol. The number of carbonyl (C=O) groups excluding carboxylic acids is 1. The molecule has 0 radical (unpaired) electrons. The van der Waals surface area contributed by atoms with Crippen molar-refractivity contribution in [2.45, 2.75) is 9.79 Å². The van der Waals surface area contributed by atoms with Gasteiger partial charge < -0.3 is 10.4 Å². The van der Waals surface area contributed by atoms with Gasteiger partial charge in [-0.3, -0.25) is 13.9 Å². The van der Waals surface area contributed by atoms with Gasteiger partial charge in [0.25, 0.3) is 26.1 Å². The molecule has 146 valence electrons. The Labute approximate surface area is 159 Å². The maximum Gasteiger partial charge on any atom is 0.295 e. The third-order valence-electron chi connectivity index (χ3n) is 3.89. The van der Waals surface area contributed by atoms with Gasteiger partial charge in [-0.1, -0.05) is 18.2 Å². The number of anilines is 1. The largest absolute Gasteiger partial charge is 0.507 e. The van der Waals surface area contributed by atoms with Crippen molar-refractivity contribution < 1.29 is 35.8 Å². The molecule has 3 aromatic rings. The lowest BCUT2D eigenvalue weighted by Crippen LogP contribution is -2.12. The highest BCUT2D eigenvalue weighted by Crippen LogP contribution is 2.38. The monoisotopic (exact) mass is 423 g/mol. The minimum absolute atomic E-state index is 0.0318. The Morgan fingerprint density at radius 1 is 0.857 bits per heavy atom. The highest BCUT2D eigenvalue weighted by atomic mass is 32.2. The van der Waals surface area contributed by atoms with E-state index in [1.807, 2.05) is 0 Å². The number of carbonyl (C=O) groups is 1. The number of hydrogen-bond acceptors (Lipinski definition) is 6. The molecule has 0 bridgehead atoms. The van der Waals surface area contributed by atoms with Crippen LogP contribution in [0.4, 0.5) is 5.69 Å². The number of nitrogens with one attached hydrogen (secondary N) is 1. The zero-order valence-electron chi connectivity index (χ0n) is 13.9. The average Bonchev–Trinajstić information content (AvgIpc) is 2.60. The predicted octanol–water partition coefficient (Wildman–Crippen LogP) is 2.29. The Morgan fingerprint density at radius 3 is 2.07 bits per heavy atom. The molecule has 0 saturated heterocycles. The molecule has 28 heavy (non-hydrogen) atoms. The summed E-state index contributed by atoms with van der Waals surface area (Å²) in [6, 6.07) is 11.6. The summed E-state index contributed by atoms with van der Waals surface area (Å²) in [5, 5.41) is 12.1. The van der Waals surface area contributed by atoms with E-state index in [1.165, 1.54) is 12.1 Å². The zero-order valence-corrected chi connectivity index (χ0v) is 15.5. The van der Waals surface area contributed by atoms with E-state index in [0.717, 1.165) is 18.2 Å². The Balaban J connectivity index is 2.27. The first-order chi connectivity index (χ1) is 13.0. The van der Waals surface area contributed by atoms with Gasteiger partial charge in [0.15, 0.2) is 0 Å². The molecule has 0 unspecified atom stereocenters. The molecule has 0 heterocycles. The molecular weight excluding hydrogens is 410 g/mol. The second kappa shape index (κ2) is 6.87. The SMILES string of the molecule is O=C(Nc1ccc(S(=O)(=O)O)c2cc(S(=O)(=O)O)cc(O)c12)c1ccccc1. The van der Waals surface area contributed by atoms with Crippen LogP contribution >= 0.6 is 0 Å². The second-order valence-electron chi connectivity index (χ2n) is 5.75. The quantitative estimate of drug-likeness (QED) is 0.465. The smallest absolute Gasteiger partial charge is 0.295 e. The molecule has 0 aliphatic carbocycles. The first-order valence-corrected chi connectivity index (χ1v) is 10.5. The van der Waals surface area contributed by atoms with Crippen LogP contribution in [0.5, 0.6) is 5.75 Å². The lowest BCUT2D eigenvalue weighted by Gasteiger charge is -2.13. The molecule has 9 nitrogen and oxygen atoms in total. The summed E-state index contributed by atoms with van der Waals surface area (Å²) in [4.78, 5) is 10.9. The summed E-state index contributed by atoms with van der Waals surface area (Å²) in [6.45, 7) is 0. The van der Waals surface area contributed by atoms with Crippen molar-refractivity contribution in [3.05, 3.63) is 60.2 Å². The molecule has 0 atom stereocenters. The number of rotatable bonds is 4. The fourth-order valence-electron chi connectivity index (χ4n) is 2.67. The van der Waals surface area contributed by atoms with Gasteiger partial charge in [0.2, 0.25) is 0 Å². The Bertz CT molecular complexity index is 1300. The lowest BCUT2D eigenvalue weighted by atomic mass is 10.1. The standard InChI is InChI=1S/C17H13NO8S2/c19-14-9-11(27(21,22)23)8-12-15(28(24,25)26)7-6-13(16(12)14)18-17(20)10-4-2-1-3-5-10/h1-9,19H,(H,18,20)(H,21,22,23)(H,24,25,26). The van der Waals surface area contributed by atoms with Crippen LogP contribution in [0.1, 0.15) is 10.4 Å². The molecule has 0 aliphatic heterocycles. The number of phenols is 1. The molecule has 0 aromatic heterocycles. The van der Waals surface area contributed by atoms with Crippen LogP contribution in [0.25, 0.3) is 10.8 Å². The summed E-state index contributed by atoms with van der Waals surface area (Å²) < 4.78 is 64.7. The normalized spacial score (nSPS) is 12.1. The van der Waals surface area contributed by atoms with Crippen molar-refractivity contribution in [2.75, 3.05) is 5.32 Å². The van der Waals surface area contributed by atoms with Gasteiger partial charge in [-0.05, 0) is 30.3 Å². The summed E-state index contributed by atoms with van der Waals surface area (Å²) in [5.41, 5.74) is 0.249. The van der Waals surface area contributed by atoms with Gasteiger partial charge in [-0.15, -0.1) is 0 Å².